The van der Waals surface area contributed by atoms with Crippen molar-refractivity contribution in [1.82, 2.24) is 10.6 Å². The van der Waals surface area contributed by atoms with Crippen LogP contribution in [-0.4, -0.2) is 38.4 Å². The van der Waals surface area contributed by atoms with Crippen LogP contribution in [-0.2, 0) is 14.4 Å². The highest BCUT2D eigenvalue weighted by molar-refractivity contribution is 6.04. The molecular formula is C26H28FN5O3. The Morgan fingerprint density at radius 3 is 2.51 bits per heavy atom. The molecule has 0 aromatic heterocycles. The molecule has 0 saturated carbocycles. The predicted octanol–water partition coefficient (Wildman–Crippen LogP) is 3.08. The molecule has 0 bridgehead atoms. The Balaban J connectivity index is 1.38. The summed E-state index contributed by atoms with van der Waals surface area (Å²) in [6.07, 6.45) is 1.72. The van der Waals surface area contributed by atoms with Crippen molar-refractivity contribution in [3.8, 4) is 0 Å². The summed E-state index contributed by atoms with van der Waals surface area (Å²) in [5.74, 6) is -2.38. The second-order valence-corrected chi connectivity index (χ2v) is 8.88. The van der Waals surface area contributed by atoms with E-state index in [9.17, 15) is 18.8 Å². The molecule has 9 heteroatoms. The summed E-state index contributed by atoms with van der Waals surface area (Å²) >= 11 is 0. The zero-order chi connectivity index (χ0) is 25.3. The Morgan fingerprint density at radius 1 is 1.11 bits per heavy atom. The number of amides is 3. The van der Waals surface area contributed by atoms with Crippen molar-refractivity contribution >= 4 is 34.8 Å². The fourth-order valence-corrected chi connectivity index (χ4v) is 4.33. The van der Waals surface area contributed by atoms with E-state index >= 15 is 0 Å². The minimum Gasteiger partial charge on any atom is -0.378 e. The first-order valence-corrected chi connectivity index (χ1v) is 11.3. The lowest BCUT2D eigenvalue weighted by Gasteiger charge is -2.14. The number of anilines is 3. The maximum Gasteiger partial charge on any atom is 0.250 e. The van der Waals surface area contributed by atoms with E-state index in [0.29, 0.717) is 33.9 Å². The Bertz CT molecular complexity index is 1250. The van der Waals surface area contributed by atoms with E-state index in [0.717, 1.165) is 5.69 Å². The molecule has 4 N–H and O–H groups in total. The van der Waals surface area contributed by atoms with Gasteiger partial charge in [-0.2, -0.15) is 0 Å². The fraction of sp³-hybridized carbons (Fsp3) is 0.269. The van der Waals surface area contributed by atoms with Crippen molar-refractivity contribution in [3.63, 3.8) is 0 Å². The number of allylic oxidation sites excluding steroid dienone is 2. The molecule has 0 saturated heterocycles. The lowest BCUT2D eigenvalue weighted by atomic mass is 9.94. The Morgan fingerprint density at radius 2 is 1.83 bits per heavy atom. The van der Waals surface area contributed by atoms with Gasteiger partial charge in [-0.3, -0.25) is 14.4 Å². The first-order valence-electron chi connectivity index (χ1n) is 11.3. The quantitative estimate of drug-likeness (QED) is 0.512. The fourth-order valence-electron chi connectivity index (χ4n) is 4.33. The smallest absolute Gasteiger partial charge is 0.250 e. The molecular weight excluding hydrogens is 449 g/mol. The number of nitrogens with one attached hydrogen (secondary N) is 4. The van der Waals surface area contributed by atoms with E-state index in [1.54, 1.807) is 25.1 Å². The van der Waals surface area contributed by atoms with Crippen LogP contribution in [0, 0.1) is 11.7 Å². The van der Waals surface area contributed by atoms with Crippen LogP contribution in [0.4, 0.5) is 21.5 Å². The van der Waals surface area contributed by atoms with Crippen LogP contribution in [0.2, 0.25) is 0 Å². The largest absolute Gasteiger partial charge is 0.378 e. The third-order valence-electron chi connectivity index (χ3n) is 6.19. The molecule has 2 unspecified atom stereocenters. The zero-order valence-electron chi connectivity index (χ0n) is 20.0. The van der Waals surface area contributed by atoms with E-state index in [4.69, 9.17) is 0 Å². The van der Waals surface area contributed by atoms with Gasteiger partial charge in [-0.1, -0.05) is 6.92 Å². The molecule has 0 radical (unpaired) electrons. The van der Waals surface area contributed by atoms with Crippen LogP contribution in [0.5, 0.6) is 0 Å². The summed E-state index contributed by atoms with van der Waals surface area (Å²) in [4.78, 5) is 39.6. The zero-order valence-corrected chi connectivity index (χ0v) is 20.0. The molecule has 35 heavy (non-hydrogen) atoms. The number of halogens is 1. The molecule has 0 aliphatic carbocycles. The molecule has 4 rings (SSSR count). The highest BCUT2D eigenvalue weighted by Gasteiger charge is 2.34. The molecule has 0 fully saturated rings. The number of nitrogens with zero attached hydrogens (tertiary/aromatic N) is 1. The number of carbonyl (C=O) groups excluding carboxylic acids is 3. The van der Waals surface area contributed by atoms with Crippen molar-refractivity contribution in [1.29, 1.82) is 0 Å². The van der Waals surface area contributed by atoms with Crippen molar-refractivity contribution in [2.45, 2.75) is 19.8 Å². The number of hydrogen-bond donors (Lipinski definition) is 4. The van der Waals surface area contributed by atoms with Crippen LogP contribution in [0.1, 0.15) is 25.3 Å². The SMILES string of the molecule is CC1=C(C(=O)NCC(=O)Nc2ccc(N(C)C)cc2)C(C)C(=CC2C(=O)Nc3ccc(F)cc32)N1. The average Bonchev–Trinajstić information content (AvgIpc) is 3.27. The van der Waals surface area contributed by atoms with Crippen molar-refractivity contribution in [2.75, 3.05) is 36.2 Å². The molecule has 0 spiro atoms. The highest BCUT2D eigenvalue weighted by atomic mass is 19.1. The van der Waals surface area contributed by atoms with E-state index < -0.39 is 11.7 Å². The van der Waals surface area contributed by atoms with E-state index in [2.05, 4.69) is 21.3 Å². The summed E-state index contributed by atoms with van der Waals surface area (Å²) < 4.78 is 13.7. The minimum atomic E-state index is -0.662. The molecule has 2 aliphatic heterocycles. The average molecular weight is 478 g/mol. The van der Waals surface area contributed by atoms with Gasteiger partial charge >= 0.3 is 0 Å². The monoisotopic (exact) mass is 477 g/mol. The lowest BCUT2D eigenvalue weighted by Crippen LogP contribution is -2.34. The van der Waals surface area contributed by atoms with E-state index in [1.165, 1.54) is 18.2 Å². The first-order chi connectivity index (χ1) is 16.6. The van der Waals surface area contributed by atoms with Gasteiger partial charge in [0, 0.05) is 54.0 Å². The Labute approximate surface area is 203 Å². The van der Waals surface area contributed by atoms with Crippen molar-refractivity contribution in [2.24, 2.45) is 5.92 Å². The number of rotatable bonds is 6. The van der Waals surface area contributed by atoms with Gasteiger partial charge in [-0.15, -0.1) is 0 Å². The molecule has 2 aromatic carbocycles. The van der Waals surface area contributed by atoms with Gasteiger partial charge < -0.3 is 26.2 Å². The van der Waals surface area contributed by atoms with Gasteiger partial charge in [0.1, 0.15) is 5.82 Å². The predicted molar refractivity (Wildman–Crippen MR) is 133 cm³/mol. The molecule has 3 amide bonds. The van der Waals surface area contributed by atoms with Gasteiger partial charge in [-0.25, -0.2) is 4.39 Å². The first kappa shape index (κ1) is 24.0. The van der Waals surface area contributed by atoms with Gasteiger partial charge in [-0.05, 0) is 61.0 Å². The van der Waals surface area contributed by atoms with Gasteiger partial charge in [0.05, 0.1) is 12.5 Å². The minimum absolute atomic E-state index is 0.186. The number of fused-ring (bicyclic) bond motifs is 1. The molecule has 2 aliphatic rings. The standard InChI is InChI=1S/C26H28FN5O3/c1-14-22(12-20-19-11-16(27)5-10-21(19)31-25(20)34)29-15(2)24(14)26(35)28-13-23(33)30-17-6-8-18(9-7-17)32(3)4/h5-12,14,20,29H,13H2,1-4H3,(H,28,35)(H,30,33)(H,31,34). The maximum absolute atomic E-state index is 13.7. The maximum atomic E-state index is 13.7. The van der Waals surface area contributed by atoms with Crippen LogP contribution in [0.3, 0.4) is 0 Å². The molecule has 2 aromatic rings. The molecule has 2 atom stereocenters. The highest BCUT2D eigenvalue weighted by Crippen LogP contribution is 2.37. The lowest BCUT2D eigenvalue weighted by molar-refractivity contribution is -0.121. The second kappa shape index (κ2) is 9.61. The van der Waals surface area contributed by atoms with E-state index in [1.807, 2.05) is 38.1 Å². The summed E-state index contributed by atoms with van der Waals surface area (Å²) in [7, 11) is 3.86. The Kier molecular flexibility index (Phi) is 6.59. The van der Waals surface area contributed by atoms with Crippen molar-refractivity contribution < 1.29 is 18.8 Å². The number of carbonyl (C=O) groups is 3. The number of hydrogen-bond acceptors (Lipinski definition) is 5. The van der Waals surface area contributed by atoms with Crippen molar-refractivity contribution in [3.05, 3.63) is 76.9 Å². The van der Waals surface area contributed by atoms with E-state index in [-0.39, 0.29) is 30.2 Å². The third-order valence-corrected chi connectivity index (χ3v) is 6.19. The Hall–Kier alpha value is -4.14. The van der Waals surface area contributed by atoms with Gasteiger partial charge in [0.25, 0.3) is 0 Å². The van der Waals surface area contributed by atoms with Gasteiger partial charge in [0.15, 0.2) is 0 Å². The van der Waals surface area contributed by atoms with Crippen LogP contribution in [0.15, 0.2) is 65.5 Å². The normalized spacial score (nSPS) is 19.8. The molecule has 8 nitrogen and oxygen atoms in total. The summed E-state index contributed by atoms with van der Waals surface area (Å²) in [6, 6.07) is 11.6. The summed E-state index contributed by atoms with van der Waals surface area (Å²) in [5, 5.41) is 11.4. The summed E-state index contributed by atoms with van der Waals surface area (Å²) in [5.41, 5.74) is 4.58. The number of benzene rings is 2. The third kappa shape index (κ3) is 5.03. The molecule has 182 valence electrons. The second-order valence-electron chi connectivity index (χ2n) is 8.88. The summed E-state index contributed by atoms with van der Waals surface area (Å²) in [6.45, 7) is 3.42. The topological polar surface area (TPSA) is 103 Å². The van der Waals surface area contributed by atoms with Crippen LogP contribution in [0.25, 0.3) is 0 Å². The van der Waals surface area contributed by atoms with Crippen LogP contribution < -0.4 is 26.2 Å². The molecule has 2 heterocycles. The van der Waals surface area contributed by atoms with Crippen LogP contribution >= 0.6 is 0 Å². The van der Waals surface area contributed by atoms with Gasteiger partial charge in [0.2, 0.25) is 17.7 Å².